The number of fused-ring (bicyclic) bond motifs is 1. The number of rotatable bonds is 5. The minimum absolute atomic E-state index is 0.0581. The summed E-state index contributed by atoms with van der Waals surface area (Å²) in [5.41, 5.74) is 1.40. The number of aromatic nitrogens is 1. The van der Waals surface area contributed by atoms with Gasteiger partial charge in [-0.25, -0.2) is 9.18 Å². The standard InChI is InChI=1S/C18H18ClFN2O4/c1-2-14(11-4-3-10(20)7-13(11)19)21-17(23)15-8-12(18(24)25)16-9-26-6-5-22(15)16/h3-4,7-8,14H,2,5-6,9H2,1H3,(H,21,23)(H,24,25). The molecule has 0 radical (unpaired) electrons. The Labute approximate surface area is 154 Å². The van der Waals surface area contributed by atoms with Crippen LogP contribution in [-0.4, -0.2) is 28.2 Å². The molecule has 26 heavy (non-hydrogen) atoms. The molecule has 1 amide bonds. The van der Waals surface area contributed by atoms with E-state index in [9.17, 15) is 19.1 Å². The first-order valence-corrected chi connectivity index (χ1v) is 8.59. The number of carboxylic acid groups (broad SMARTS) is 1. The smallest absolute Gasteiger partial charge is 0.337 e. The highest BCUT2D eigenvalue weighted by molar-refractivity contribution is 6.31. The Morgan fingerprint density at radius 1 is 1.42 bits per heavy atom. The molecule has 2 aromatic rings. The summed E-state index contributed by atoms with van der Waals surface area (Å²) >= 11 is 6.10. The zero-order valence-corrected chi connectivity index (χ0v) is 14.8. The van der Waals surface area contributed by atoms with E-state index in [0.717, 1.165) is 0 Å². The van der Waals surface area contributed by atoms with Crippen molar-refractivity contribution in [3.8, 4) is 0 Å². The number of nitrogens with zero attached hydrogens (tertiary/aromatic N) is 1. The van der Waals surface area contributed by atoms with E-state index in [0.29, 0.717) is 30.8 Å². The Hall–Kier alpha value is -2.38. The van der Waals surface area contributed by atoms with Crippen molar-refractivity contribution in [1.29, 1.82) is 0 Å². The maximum absolute atomic E-state index is 13.3. The summed E-state index contributed by atoms with van der Waals surface area (Å²) in [5.74, 6) is -1.97. The molecule has 1 unspecified atom stereocenters. The summed E-state index contributed by atoms with van der Waals surface area (Å²) < 4.78 is 20.2. The lowest BCUT2D eigenvalue weighted by Gasteiger charge is -2.21. The Bertz CT molecular complexity index is 865. The molecule has 0 fully saturated rings. The van der Waals surface area contributed by atoms with E-state index in [1.165, 1.54) is 24.3 Å². The Morgan fingerprint density at radius 3 is 2.85 bits per heavy atom. The predicted molar refractivity (Wildman–Crippen MR) is 93.0 cm³/mol. The van der Waals surface area contributed by atoms with Crippen molar-refractivity contribution in [3.05, 3.63) is 57.6 Å². The third kappa shape index (κ3) is 3.45. The number of carboxylic acids is 1. The van der Waals surface area contributed by atoms with Crippen molar-refractivity contribution in [2.75, 3.05) is 6.61 Å². The van der Waals surface area contributed by atoms with E-state index in [1.54, 1.807) is 4.57 Å². The minimum atomic E-state index is -1.10. The van der Waals surface area contributed by atoms with E-state index in [-0.39, 0.29) is 22.9 Å². The maximum Gasteiger partial charge on any atom is 0.337 e. The Morgan fingerprint density at radius 2 is 2.19 bits per heavy atom. The van der Waals surface area contributed by atoms with Gasteiger partial charge in [0.25, 0.3) is 5.91 Å². The van der Waals surface area contributed by atoms with E-state index < -0.39 is 23.7 Å². The third-order valence-electron chi connectivity index (χ3n) is 4.42. The minimum Gasteiger partial charge on any atom is -0.478 e. The zero-order valence-electron chi connectivity index (χ0n) is 14.1. The molecule has 2 heterocycles. The van der Waals surface area contributed by atoms with Crippen LogP contribution in [0.5, 0.6) is 0 Å². The number of halogens is 2. The molecule has 8 heteroatoms. The van der Waals surface area contributed by atoms with Gasteiger partial charge in [0.2, 0.25) is 0 Å². The number of carbonyl (C=O) groups excluding carboxylic acids is 1. The van der Waals surface area contributed by atoms with Gasteiger partial charge in [0.15, 0.2) is 0 Å². The fourth-order valence-electron chi connectivity index (χ4n) is 3.11. The molecule has 6 nitrogen and oxygen atoms in total. The Balaban J connectivity index is 1.90. The Kier molecular flexibility index (Phi) is 5.29. The molecule has 0 bridgehead atoms. The average Bonchev–Trinajstić information content (AvgIpc) is 3.00. The molecular formula is C18H18ClFN2O4. The molecule has 0 saturated heterocycles. The second-order valence-electron chi connectivity index (χ2n) is 6.00. The van der Waals surface area contributed by atoms with Crippen molar-refractivity contribution in [3.63, 3.8) is 0 Å². The van der Waals surface area contributed by atoms with Gasteiger partial charge < -0.3 is 19.7 Å². The second-order valence-corrected chi connectivity index (χ2v) is 6.41. The summed E-state index contributed by atoms with van der Waals surface area (Å²) in [6.07, 6.45) is 0.541. The van der Waals surface area contributed by atoms with Crippen molar-refractivity contribution >= 4 is 23.5 Å². The van der Waals surface area contributed by atoms with Gasteiger partial charge in [-0.3, -0.25) is 4.79 Å². The van der Waals surface area contributed by atoms with Gasteiger partial charge in [-0.1, -0.05) is 24.6 Å². The first-order chi connectivity index (χ1) is 12.4. The summed E-state index contributed by atoms with van der Waals surface area (Å²) in [4.78, 5) is 24.2. The number of nitrogens with one attached hydrogen (secondary N) is 1. The number of amides is 1. The van der Waals surface area contributed by atoms with Gasteiger partial charge in [-0.15, -0.1) is 0 Å². The van der Waals surface area contributed by atoms with Crippen LogP contribution in [0.2, 0.25) is 5.02 Å². The van der Waals surface area contributed by atoms with Gasteiger partial charge in [0.1, 0.15) is 11.5 Å². The van der Waals surface area contributed by atoms with Gasteiger partial charge >= 0.3 is 5.97 Å². The molecule has 138 valence electrons. The van der Waals surface area contributed by atoms with Crippen molar-refractivity contribution in [2.24, 2.45) is 0 Å². The lowest BCUT2D eigenvalue weighted by Crippen LogP contribution is -2.31. The number of hydrogen-bond donors (Lipinski definition) is 2. The quantitative estimate of drug-likeness (QED) is 0.833. The van der Waals surface area contributed by atoms with Crippen LogP contribution in [0.3, 0.4) is 0 Å². The average molecular weight is 381 g/mol. The van der Waals surface area contributed by atoms with Crippen LogP contribution in [0.4, 0.5) is 4.39 Å². The van der Waals surface area contributed by atoms with E-state index in [2.05, 4.69) is 5.32 Å². The van der Waals surface area contributed by atoms with Gasteiger partial charge in [-0.05, 0) is 30.2 Å². The second kappa shape index (κ2) is 7.47. The highest BCUT2D eigenvalue weighted by Crippen LogP contribution is 2.27. The molecule has 3 rings (SSSR count). The van der Waals surface area contributed by atoms with Crippen LogP contribution in [0.25, 0.3) is 0 Å². The fraction of sp³-hybridized carbons (Fsp3) is 0.333. The zero-order chi connectivity index (χ0) is 18.8. The van der Waals surface area contributed by atoms with E-state index in [4.69, 9.17) is 16.3 Å². The molecule has 1 atom stereocenters. The molecule has 1 aliphatic heterocycles. The van der Waals surface area contributed by atoms with Gasteiger partial charge in [-0.2, -0.15) is 0 Å². The topological polar surface area (TPSA) is 80.6 Å². The molecule has 1 aromatic heterocycles. The molecule has 2 N–H and O–H groups in total. The molecule has 1 aromatic carbocycles. The van der Waals surface area contributed by atoms with Crippen LogP contribution in [0.1, 0.15) is 51.5 Å². The summed E-state index contributed by atoms with van der Waals surface area (Å²) in [6, 6.07) is 4.96. The van der Waals surface area contributed by atoms with Crippen molar-refractivity contribution < 1.29 is 23.8 Å². The monoisotopic (exact) mass is 380 g/mol. The van der Waals surface area contributed by atoms with Crippen LogP contribution < -0.4 is 5.32 Å². The molecule has 1 aliphatic rings. The van der Waals surface area contributed by atoms with Crippen molar-refractivity contribution in [1.82, 2.24) is 9.88 Å². The fourth-order valence-corrected chi connectivity index (χ4v) is 3.41. The number of hydrogen-bond acceptors (Lipinski definition) is 3. The molecule has 0 spiro atoms. The van der Waals surface area contributed by atoms with E-state index in [1.807, 2.05) is 6.92 Å². The van der Waals surface area contributed by atoms with Crippen LogP contribution in [0, 0.1) is 5.82 Å². The van der Waals surface area contributed by atoms with Crippen molar-refractivity contribution in [2.45, 2.75) is 32.5 Å². The first-order valence-electron chi connectivity index (χ1n) is 8.21. The van der Waals surface area contributed by atoms with Gasteiger partial charge in [0, 0.05) is 11.6 Å². The van der Waals surface area contributed by atoms with Crippen LogP contribution >= 0.6 is 11.6 Å². The van der Waals surface area contributed by atoms with Crippen LogP contribution in [-0.2, 0) is 17.9 Å². The lowest BCUT2D eigenvalue weighted by molar-refractivity contribution is 0.0656. The van der Waals surface area contributed by atoms with E-state index >= 15 is 0 Å². The van der Waals surface area contributed by atoms with Crippen LogP contribution in [0.15, 0.2) is 24.3 Å². The highest BCUT2D eigenvalue weighted by Gasteiger charge is 2.27. The maximum atomic E-state index is 13.3. The molecule has 0 saturated carbocycles. The largest absolute Gasteiger partial charge is 0.478 e. The SMILES string of the molecule is CCC(NC(=O)c1cc(C(=O)O)c2n1CCOC2)c1ccc(F)cc1Cl. The first kappa shape index (κ1) is 18.4. The third-order valence-corrected chi connectivity index (χ3v) is 4.75. The van der Waals surface area contributed by atoms with Gasteiger partial charge in [0.05, 0.1) is 30.5 Å². The normalized spacial score (nSPS) is 14.6. The number of carbonyl (C=O) groups is 2. The summed E-state index contributed by atoms with van der Waals surface area (Å²) in [7, 11) is 0. The summed E-state index contributed by atoms with van der Waals surface area (Å²) in [5, 5.41) is 12.4. The number of ether oxygens (including phenoxy) is 1. The number of aromatic carboxylic acids is 1. The lowest BCUT2D eigenvalue weighted by atomic mass is 10.0. The summed E-state index contributed by atoms with van der Waals surface area (Å²) in [6.45, 7) is 2.83. The molecular weight excluding hydrogens is 363 g/mol. The molecule has 0 aliphatic carbocycles. The predicted octanol–water partition coefficient (Wildman–Crippen LogP) is 3.39. The number of benzene rings is 1. The highest BCUT2D eigenvalue weighted by atomic mass is 35.5.